The molecule has 0 fully saturated rings. The Balaban J connectivity index is 0.000000198. The summed E-state index contributed by atoms with van der Waals surface area (Å²) in [6.07, 6.45) is 4.77. The summed E-state index contributed by atoms with van der Waals surface area (Å²) < 4.78 is 0. The fraction of sp³-hybridized carbons (Fsp3) is 0.171. The minimum atomic E-state index is 0. The van der Waals surface area contributed by atoms with Crippen LogP contribution in [0.5, 0.6) is 0 Å². The molecule has 0 aliphatic heterocycles. The van der Waals surface area contributed by atoms with E-state index >= 15 is 0 Å². The molecule has 0 amide bonds. The Kier molecular flexibility index (Phi) is 11.5. The molecule has 4 aromatic carbocycles. The van der Waals surface area contributed by atoms with Crippen LogP contribution in [0, 0.1) is 17.5 Å². The number of nitrogens with zero attached hydrogens (tertiary/aromatic N) is 2. The van der Waals surface area contributed by atoms with Gasteiger partial charge in [0.2, 0.25) is 0 Å². The van der Waals surface area contributed by atoms with Crippen molar-refractivity contribution < 1.29 is 20.1 Å². The third-order valence-electron chi connectivity index (χ3n) is 7.33. The maximum atomic E-state index is 4.51. The van der Waals surface area contributed by atoms with Gasteiger partial charge in [-0.05, 0) is 46.8 Å². The second-order valence-electron chi connectivity index (χ2n) is 12.0. The number of pyridine rings is 2. The van der Waals surface area contributed by atoms with Crippen LogP contribution in [-0.2, 0) is 26.5 Å². The molecule has 6 rings (SSSR count). The molecule has 44 heavy (non-hydrogen) atoms. The molecule has 2 nitrogen and oxygen atoms in total. The van der Waals surface area contributed by atoms with Crippen molar-refractivity contribution in [1.29, 1.82) is 0 Å². The summed E-state index contributed by atoms with van der Waals surface area (Å²) in [4.78, 5) is 8.97. The molecular formula is C41H38IrN2-2. The first-order valence-corrected chi connectivity index (χ1v) is 14.9. The second-order valence-corrected chi connectivity index (χ2v) is 12.0. The van der Waals surface area contributed by atoms with E-state index in [0.29, 0.717) is 5.92 Å². The molecule has 6 aromatic rings. The van der Waals surface area contributed by atoms with Crippen LogP contribution in [0.2, 0.25) is 0 Å². The molecule has 223 valence electrons. The van der Waals surface area contributed by atoms with E-state index in [-0.39, 0.29) is 25.5 Å². The van der Waals surface area contributed by atoms with Crippen molar-refractivity contribution in [3.63, 3.8) is 0 Å². The van der Waals surface area contributed by atoms with Gasteiger partial charge in [0.1, 0.15) is 0 Å². The van der Waals surface area contributed by atoms with Gasteiger partial charge in [0.25, 0.3) is 0 Å². The van der Waals surface area contributed by atoms with E-state index in [9.17, 15) is 0 Å². The summed E-state index contributed by atoms with van der Waals surface area (Å²) in [5, 5.41) is 0. The smallest absolute Gasteiger partial charge is 0.0163 e. The first kappa shape index (κ1) is 32.7. The monoisotopic (exact) mass is 751 g/mol. The van der Waals surface area contributed by atoms with Crippen molar-refractivity contribution in [1.82, 2.24) is 9.97 Å². The largest absolute Gasteiger partial charge is 0.305 e. The molecule has 0 N–H and O–H groups in total. The summed E-state index contributed by atoms with van der Waals surface area (Å²) in [5.74, 6) is 0.325. The number of benzene rings is 4. The predicted octanol–water partition coefficient (Wildman–Crippen LogP) is 10.5. The van der Waals surface area contributed by atoms with Crippen LogP contribution >= 0.6 is 0 Å². The fourth-order valence-corrected chi connectivity index (χ4v) is 5.20. The summed E-state index contributed by atoms with van der Waals surface area (Å²) in [7, 11) is 0. The van der Waals surface area contributed by atoms with Crippen molar-refractivity contribution in [2.24, 2.45) is 5.41 Å². The Morgan fingerprint density at radius 3 is 2.02 bits per heavy atom. The van der Waals surface area contributed by atoms with E-state index in [1.165, 1.54) is 27.8 Å². The Labute approximate surface area is 276 Å². The van der Waals surface area contributed by atoms with Gasteiger partial charge < -0.3 is 9.97 Å². The molecule has 1 unspecified atom stereocenters. The topological polar surface area (TPSA) is 25.8 Å². The van der Waals surface area contributed by atoms with E-state index in [1.807, 2.05) is 60.9 Å². The van der Waals surface area contributed by atoms with E-state index in [4.69, 9.17) is 0 Å². The van der Waals surface area contributed by atoms with Crippen molar-refractivity contribution >= 4 is 0 Å². The van der Waals surface area contributed by atoms with E-state index < -0.39 is 0 Å². The number of rotatable bonds is 6. The van der Waals surface area contributed by atoms with Crippen molar-refractivity contribution in [2.45, 2.75) is 40.0 Å². The van der Waals surface area contributed by atoms with Crippen LogP contribution in [0.25, 0.3) is 33.6 Å². The standard InChI is InChI=1S/C22H22N.C19H16N.Ir/c1-22(2,3)16-17-13-14-23-21(15-17)20-11-9-19(10-12-20)18-7-5-4-6-8-18;1-15(16-9-3-2-4-10-16)17-11-5-6-12-18(17)19-13-7-8-14-20-19;/h4-11,13-15H,16H2,1-3H3;2-11,13-15H,1H3;/q2*-1;. The molecule has 0 bridgehead atoms. The molecule has 0 aliphatic carbocycles. The molecule has 1 atom stereocenters. The third-order valence-corrected chi connectivity index (χ3v) is 7.33. The van der Waals surface area contributed by atoms with E-state index in [0.717, 1.165) is 28.9 Å². The molecule has 0 spiro atoms. The molecule has 2 aromatic heterocycles. The minimum Gasteiger partial charge on any atom is -0.305 e. The number of hydrogen-bond donors (Lipinski definition) is 0. The normalized spacial score (nSPS) is 11.5. The van der Waals surface area contributed by atoms with E-state index in [2.05, 4.69) is 129 Å². The number of aromatic nitrogens is 2. The van der Waals surface area contributed by atoms with Gasteiger partial charge in [-0.2, -0.15) is 0 Å². The van der Waals surface area contributed by atoms with Crippen molar-refractivity contribution in [3.05, 3.63) is 169 Å². The van der Waals surface area contributed by atoms with Gasteiger partial charge in [0.15, 0.2) is 0 Å². The zero-order chi connectivity index (χ0) is 30.1. The maximum absolute atomic E-state index is 4.51. The molecule has 0 saturated heterocycles. The predicted molar refractivity (Wildman–Crippen MR) is 180 cm³/mol. The zero-order valence-electron chi connectivity index (χ0n) is 25.8. The minimum absolute atomic E-state index is 0. The SMILES string of the molecule is CC(C)(C)Cc1ccnc(-c2[c-]cc(-c3ccccc3)cc2)c1.CC(c1ccccc1)c1ccc[c-]c1-c1ccccn1.[Ir]. The van der Waals surface area contributed by atoms with Crippen LogP contribution in [0.1, 0.15) is 50.3 Å². The average Bonchev–Trinajstić information content (AvgIpc) is 3.05. The molecule has 1 radical (unpaired) electrons. The molecule has 2 heterocycles. The summed E-state index contributed by atoms with van der Waals surface area (Å²) in [6.45, 7) is 9.00. The summed E-state index contributed by atoms with van der Waals surface area (Å²) in [6, 6.07) is 50.4. The van der Waals surface area contributed by atoms with Crippen LogP contribution in [0.15, 0.2) is 140 Å². The van der Waals surface area contributed by atoms with Gasteiger partial charge in [0.05, 0.1) is 0 Å². The van der Waals surface area contributed by atoms with Crippen LogP contribution in [0.4, 0.5) is 0 Å². The summed E-state index contributed by atoms with van der Waals surface area (Å²) in [5.41, 5.74) is 10.7. The zero-order valence-corrected chi connectivity index (χ0v) is 28.2. The Hall–Kier alpha value is -4.17. The Morgan fingerprint density at radius 2 is 1.36 bits per heavy atom. The maximum Gasteiger partial charge on any atom is 0.0163 e. The van der Waals surface area contributed by atoms with Gasteiger partial charge in [-0.25, -0.2) is 0 Å². The molecule has 0 aliphatic rings. The van der Waals surface area contributed by atoms with Crippen molar-refractivity contribution in [2.75, 3.05) is 0 Å². The molecule has 0 saturated carbocycles. The fourth-order valence-electron chi connectivity index (χ4n) is 5.20. The van der Waals surface area contributed by atoms with Crippen LogP contribution in [0.3, 0.4) is 0 Å². The average molecular weight is 751 g/mol. The molecule has 3 heteroatoms. The van der Waals surface area contributed by atoms with E-state index in [1.54, 1.807) is 0 Å². The van der Waals surface area contributed by atoms with Crippen LogP contribution in [-0.4, -0.2) is 9.97 Å². The third kappa shape index (κ3) is 8.92. The quantitative estimate of drug-likeness (QED) is 0.159. The first-order chi connectivity index (χ1) is 20.9. The van der Waals surface area contributed by atoms with Crippen LogP contribution < -0.4 is 0 Å². The Morgan fingerprint density at radius 1 is 0.659 bits per heavy atom. The van der Waals surface area contributed by atoms with Gasteiger partial charge in [-0.15, -0.1) is 65.2 Å². The Bertz CT molecular complexity index is 1710. The van der Waals surface area contributed by atoms with Gasteiger partial charge in [0, 0.05) is 32.5 Å². The summed E-state index contributed by atoms with van der Waals surface area (Å²) >= 11 is 0. The number of hydrogen-bond acceptors (Lipinski definition) is 2. The second kappa shape index (κ2) is 15.5. The van der Waals surface area contributed by atoms with Gasteiger partial charge in [-0.3, -0.25) is 0 Å². The van der Waals surface area contributed by atoms with Gasteiger partial charge >= 0.3 is 0 Å². The van der Waals surface area contributed by atoms with Gasteiger partial charge in [-0.1, -0.05) is 123 Å². The molecular weight excluding hydrogens is 713 g/mol. The first-order valence-electron chi connectivity index (χ1n) is 14.9. The van der Waals surface area contributed by atoms with Crippen molar-refractivity contribution in [3.8, 4) is 33.6 Å².